The van der Waals surface area contributed by atoms with E-state index in [9.17, 15) is 14.7 Å². The first-order valence-corrected chi connectivity index (χ1v) is 16.2. The quantitative estimate of drug-likeness (QED) is 0.0586. The maximum absolute atomic E-state index is 11.9. The average Bonchev–Trinajstić information content (AvgIpc) is 2.95. The molecule has 0 aromatic carbocycles. The number of hydrogen-bond acceptors (Lipinski definition) is 5. The van der Waals surface area contributed by atoms with Gasteiger partial charge in [0.15, 0.2) is 0 Å². The molecule has 0 aliphatic heterocycles. The molecule has 0 aromatic heterocycles. The lowest BCUT2D eigenvalue weighted by Gasteiger charge is -2.12. The third-order valence-electron chi connectivity index (χ3n) is 6.54. The van der Waals surface area contributed by atoms with Gasteiger partial charge < -0.3 is 14.6 Å². The van der Waals surface area contributed by atoms with Gasteiger partial charge in [-0.3, -0.25) is 9.59 Å². The second kappa shape index (κ2) is 31.4. The molecular formula is C35H60O5. The minimum atomic E-state index is -0.988. The highest BCUT2D eigenvalue weighted by atomic mass is 16.6. The van der Waals surface area contributed by atoms with Crippen molar-refractivity contribution in [3.63, 3.8) is 0 Å². The van der Waals surface area contributed by atoms with Crippen LogP contribution in [0.4, 0.5) is 0 Å². The van der Waals surface area contributed by atoms with Gasteiger partial charge in [0.25, 0.3) is 0 Å². The Labute approximate surface area is 246 Å². The van der Waals surface area contributed by atoms with Crippen molar-refractivity contribution in [1.29, 1.82) is 0 Å². The first-order valence-electron chi connectivity index (χ1n) is 16.2. The lowest BCUT2D eigenvalue weighted by atomic mass is 10.1. The van der Waals surface area contributed by atoms with E-state index in [1.165, 1.54) is 64.2 Å². The van der Waals surface area contributed by atoms with Crippen LogP contribution < -0.4 is 0 Å². The lowest BCUT2D eigenvalue weighted by Crippen LogP contribution is -2.25. The van der Waals surface area contributed by atoms with Gasteiger partial charge in [0, 0.05) is 12.8 Å². The zero-order chi connectivity index (χ0) is 29.4. The summed E-state index contributed by atoms with van der Waals surface area (Å²) < 4.78 is 10.2. The van der Waals surface area contributed by atoms with Crippen LogP contribution in [0.1, 0.15) is 142 Å². The van der Waals surface area contributed by atoms with E-state index < -0.39 is 6.10 Å². The van der Waals surface area contributed by atoms with Crippen molar-refractivity contribution in [2.75, 3.05) is 13.2 Å². The van der Waals surface area contributed by atoms with E-state index in [-0.39, 0.29) is 25.2 Å². The molecule has 0 bridgehead atoms. The number of allylic oxidation sites excluding steroid dienone is 8. The van der Waals surface area contributed by atoms with Gasteiger partial charge in [0.1, 0.15) is 19.3 Å². The van der Waals surface area contributed by atoms with Crippen LogP contribution in [-0.4, -0.2) is 36.4 Å². The zero-order valence-electron chi connectivity index (χ0n) is 25.8. The van der Waals surface area contributed by atoms with Crippen LogP contribution >= 0.6 is 0 Å². The predicted octanol–water partition coefficient (Wildman–Crippen LogP) is 9.50. The molecule has 0 aliphatic carbocycles. The normalized spacial score (nSPS) is 12.8. The minimum Gasteiger partial charge on any atom is -0.463 e. The molecule has 0 saturated carbocycles. The summed E-state index contributed by atoms with van der Waals surface area (Å²) in [6.07, 6.45) is 37.3. The van der Waals surface area contributed by atoms with Crippen LogP contribution in [0, 0.1) is 0 Å². The molecule has 40 heavy (non-hydrogen) atoms. The molecule has 5 heteroatoms. The van der Waals surface area contributed by atoms with E-state index in [0.29, 0.717) is 12.8 Å². The molecule has 0 heterocycles. The van der Waals surface area contributed by atoms with E-state index in [1.807, 2.05) is 0 Å². The summed E-state index contributed by atoms with van der Waals surface area (Å²) in [5, 5.41) is 9.93. The molecule has 0 aromatic rings. The Bertz CT molecular complexity index is 692. The number of carbonyl (C=O) groups excluding carboxylic acids is 2. The number of aliphatic hydroxyl groups is 1. The van der Waals surface area contributed by atoms with Crippen LogP contribution in [0.25, 0.3) is 0 Å². The third kappa shape index (κ3) is 30.4. The second-order valence-electron chi connectivity index (χ2n) is 10.6. The Balaban J connectivity index is 3.58. The summed E-state index contributed by atoms with van der Waals surface area (Å²) in [6.45, 7) is 4.17. The zero-order valence-corrected chi connectivity index (χ0v) is 25.8. The van der Waals surface area contributed by atoms with E-state index >= 15 is 0 Å². The van der Waals surface area contributed by atoms with Crippen LogP contribution in [0.3, 0.4) is 0 Å². The van der Waals surface area contributed by atoms with Crippen LogP contribution in [0.5, 0.6) is 0 Å². The van der Waals surface area contributed by atoms with E-state index in [1.54, 1.807) is 0 Å². The molecule has 0 radical (unpaired) electrons. The van der Waals surface area contributed by atoms with Crippen molar-refractivity contribution in [3.05, 3.63) is 48.6 Å². The summed E-state index contributed by atoms with van der Waals surface area (Å²) in [5.74, 6) is -0.652. The third-order valence-corrected chi connectivity index (χ3v) is 6.54. The summed E-state index contributed by atoms with van der Waals surface area (Å²) in [6, 6.07) is 0. The molecule has 1 N–H and O–H groups in total. The number of unbranched alkanes of at least 4 members (excludes halogenated alkanes) is 12. The van der Waals surface area contributed by atoms with E-state index in [0.717, 1.165) is 51.4 Å². The molecule has 230 valence electrons. The Morgan fingerprint density at radius 1 is 0.525 bits per heavy atom. The fourth-order valence-corrected chi connectivity index (χ4v) is 4.03. The van der Waals surface area contributed by atoms with Crippen molar-refractivity contribution < 1.29 is 24.2 Å². The Morgan fingerprint density at radius 3 is 1.48 bits per heavy atom. The molecule has 5 nitrogen and oxygen atoms in total. The van der Waals surface area contributed by atoms with Gasteiger partial charge in [-0.05, 0) is 70.6 Å². The van der Waals surface area contributed by atoms with Crippen LogP contribution in [0.15, 0.2) is 48.6 Å². The van der Waals surface area contributed by atoms with Crippen LogP contribution in [0.2, 0.25) is 0 Å². The van der Waals surface area contributed by atoms with Gasteiger partial charge >= 0.3 is 11.9 Å². The predicted molar refractivity (Wildman–Crippen MR) is 168 cm³/mol. The first kappa shape index (κ1) is 37.9. The smallest absolute Gasteiger partial charge is 0.305 e. The maximum Gasteiger partial charge on any atom is 0.305 e. The molecule has 0 unspecified atom stereocenters. The Hall–Kier alpha value is -2.14. The van der Waals surface area contributed by atoms with Gasteiger partial charge in [-0.15, -0.1) is 0 Å². The molecule has 0 fully saturated rings. The highest BCUT2D eigenvalue weighted by Gasteiger charge is 2.11. The number of hydrogen-bond donors (Lipinski definition) is 1. The van der Waals surface area contributed by atoms with E-state index in [4.69, 9.17) is 9.47 Å². The minimum absolute atomic E-state index is 0.144. The number of esters is 2. The summed E-state index contributed by atoms with van der Waals surface area (Å²) in [4.78, 5) is 23.7. The maximum atomic E-state index is 11.9. The molecule has 0 aliphatic rings. The fraction of sp³-hybridized carbons (Fsp3) is 0.714. The highest BCUT2D eigenvalue weighted by molar-refractivity contribution is 5.69. The van der Waals surface area contributed by atoms with Crippen molar-refractivity contribution in [1.82, 2.24) is 0 Å². The van der Waals surface area contributed by atoms with Gasteiger partial charge in [-0.2, -0.15) is 0 Å². The SMILES string of the molecule is CCCCC/C=C\C/C=C\C/C=C\CCCCC(=O)OC[C@H](O)COC(=O)CCC/C=C\CCCCCCCC. The second-order valence-corrected chi connectivity index (χ2v) is 10.6. The molecule has 0 rings (SSSR count). The Morgan fingerprint density at radius 2 is 0.900 bits per heavy atom. The Kier molecular flexibility index (Phi) is 29.7. The van der Waals surface area contributed by atoms with Gasteiger partial charge in [-0.25, -0.2) is 0 Å². The standard InChI is InChI=1S/C35H60O5/c1-3-5-7-9-11-13-15-16-17-18-20-22-24-26-28-30-35(38)40-32-33(36)31-39-34(37)29-27-25-23-21-19-14-12-10-8-6-4-2/h11,13,16-17,20-23,33,36H,3-10,12,14-15,18-19,24-32H2,1-2H3/b13-11-,17-16-,22-20-,23-21-/t33-/m1/s1. The number of aliphatic hydroxyl groups excluding tert-OH is 1. The highest BCUT2D eigenvalue weighted by Crippen LogP contribution is 2.08. The van der Waals surface area contributed by atoms with Crippen LogP contribution in [-0.2, 0) is 19.1 Å². The fourth-order valence-electron chi connectivity index (χ4n) is 4.03. The molecule has 0 spiro atoms. The number of rotatable bonds is 28. The average molecular weight is 561 g/mol. The summed E-state index contributed by atoms with van der Waals surface area (Å²) in [5.41, 5.74) is 0. The molecular weight excluding hydrogens is 500 g/mol. The van der Waals surface area contributed by atoms with Crippen molar-refractivity contribution in [2.45, 2.75) is 148 Å². The largest absolute Gasteiger partial charge is 0.463 e. The van der Waals surface area contributed by atoms with Gasteiger partial charge in [0.05, 0.1) is 0 Å². The van der Waals surface area contributed by atoms with Gasteiger partial charge in [0.2, 0.25) is 0 Å². The van der Waals surface area contributed by atoms with E-state index in [2.05, 4.69) is 62.5 Å². The molecule has 1 atom stereocenters. The van der Waals surface area contributed by atoms with Gasteiger partial charge in [-0.1, -0.05) is 107 Å². The van der Waals surface area contributed by atoms with Crippen molar-refractivity contribution >= 4 is 11.9 Å². The topological polar surface area (TPSA) is 72.8 Å². The molecule has 0 amide bonds. The number of carbonyl (C=O) groups is 2. The monoisotopic (exact) mass is 560 g/mol. The summed E-state index contributed by atoms with van der Waals surface area (Å²) in [7, 11) is 0. The van der Waals surface area contributed by atoms with Crippen molar-refractivity contribution in [2.24, 2.45) is 0 Å². The number of ether oxygens (including phenoxy) is 2. The first-order chi connectivity index (χ1) is 19.6. The molecule has 0 saturated heterocycles. The summed E-state index contributed by atoms with van der Waals surface area (Å²) >= 11 is 0. The van der Waals surface area contributed by atoms with Crippen molar-refractivity contribution in [3.8, 4) is 0 Å². The lowest BCUT2D eigenvalue weighted by molar-refractivity contribution is -0.152.